The average molecular weight is 222 g/mol. The summed E-state index contributed by atoms with van der Waals surface area (Å²) in [6.45, 7) is 5.82. The van der Waals surface area contributed by atoms with E-state index in [0.717, 1.165) is 18.8 Å². The molecule has 16 heavy (non-hydrogen) atoms. The van der Waals surface area contributed by atoms with Crippen LogP contribution in [0.1, 0.15) is 39.0 Å². The Morgan fingerprint density at radius 3 is 2.75 bits per heavy atom. The number of amides is 1. The minimum absolute atomic E-state index is 0.439. The number of carbonyl (C=O) groups excluding carboxylic acids is 1. The van der Waals surface area contributed by atoms with Gasteiger partial charge in [-0.05, 0) is 38.1 Å². The van der Waals surface area contributed by atoms with Gasteiger partial charge in [-0.15, -0.1) is 0 Å². The number of likely N-dealkylation sites (tertiary alicyclic amines) is 2. The molecule has 0 radical (unpaired) electrons. The fraction of sp³-hybridized carbons (Fsp3) is 0.923. The van der Waals surface area contributed by atoms with Gasteiger partial charge < -0.3 is 9.80 Å². The lowest BCUT2D eigenvalue weighted by atomic mass is 9.83. The van der Waals surface area contributed by atoms with Crippen LogP contribution in [0, 0.1) is 5.92 Å². The molecule has 0 aromatic rings. The van der Waals surface area contributed by atoms with Gasteiger partial charge in [-0.25, -0.2) is 0 Å². The second-order valence-corrected chi connectivity index (χ2v) is 5.58. The van der Waals surface area contributed by atoms with Gasteiger partial charge in [0.25, 0.3) is 0 Å². The van der Waals surface area contributed by atoms with Gasteiger partial charge in [0.15, 0.2) is 0 Å². The van der Waals surface area contributed by atoms with E-state index >= 15 is 0 Å². The van der Waals surface area contributed by atoms with Gasteiger partial charge >= 0.3 is 0 Å². The van der Waals surface area contributed by atoms with E-state index in [9.17, 15) is 4.79 Å². The van der Waals surface area contributed by atoms with Gasteiger partial charge in [-0.3, -0.25) is 4.79 Å². The summed E-state index contributed by atoms with van der Waals surface area (Å²) in [5.41, 5.74) is 0. The van der Waals surface area contributed by atoms with Gasteiger partial charge in [0.2, 0.25) is 5.91 Å². The lowest BCUT2D eigenvalue weighted by molar-refractivity contribution is -0.141. The number of carbonyl (C=O) groups is 1. The van der Waals surface area contributed by atoms with Gasteiger partial charge in [-0.1, -0.05) is 6.92 Å². The molecule has 3 rings (SSSR count). The molecular weight excluding hydrogens is 200 g/mol. The first-order valence-electron chi connectivity index (χ1n) is 6.83. The third-order valence-electron chi connectivity index (χ3n) is 4.54. The van der Waals surface area contributed by atoms with Gasteiger partial charge in [-0.2, -0.15) is 0 Å². The van der Waals surface area contributed by atoms with Crippen LogP contribution in [0.3, 0.4) is 0 Å². The first kappa shape index (κ1) is 10.6. The average Bonchev–Trinajstić information content (AvgIpc) is 3.12. The second-order valence-electron chi connectivity index (χ2n) is 5.58. The van der Waals surface area contributed by atoms with Crippen LogP contribution in [-0.4, -0.2) is 47.4 Å². The Morgan fingerprint density at radius 1 is 1.25 bits per heavy atom. The maximum absolute atomic E-state index is 12.0. The molecular formula is C13H22N2O. The highest BCUT2D eigenvalue weighted by molar-refractivity contribution is 5.78. The molecule has 0 spiro atoms. The molecule has 1 saturated carbocycles. The summed E-state index contributed by atoms with van der Waals surface area (Å²) < 4.78 is 0. The zero-order chi connectivity index (χ0) is 11.1. The normalized spacial score (nSPS) is 36.3. The molecule has 0 aromatic carbocycles. The number of rotatable bonds is 2. The fourth-order valence-electron chi connectivity index (χ4n) is 3.48. The molecule has 3 heteroatoms. The number of hydrogen-bond donors (Lipinski definition) is 0. The lowest BCUT2D eigenvalue weighted by Crippen LogP contribution is -2.56. The van der Waals surface area contributed by atoms with Crippen molar-refractivity contribution in [1.82, 2.24) is 9.80 Å². The molecule has 1 amide bonds. The molecule has 3 fully saturated rings. The minimum Gasteiger partial charge on any atom is -0.336 e. The van der Waals surface area contributed by atoms with E-state index in [1.807, 2.05) is 0 Å². The van der Waals surface area contributed by atoms with Crippen LogP contribution in [0.4, 0.5) is 0 Å². The van der Waals surface area contributed by atoms with Crippen molar-refractivity contribution < 1.29 is 4.79 Å². The molecule has 2 saturated heterocycles. The van der Waals surface area contributed by atoms with Crippen molar-refractivity contribution >= 4 is 5.91 Å². The van der Waals surface area contributed by atoms with E-state index in [1.54, 1.807) is 0 Å². The quantitative estimate of drug-likeness (QED) is 0.706. The monoisotopic (exact) mass is 222 g/mol. The minimum atomic E-state index is 0.439. The van der Waals surface area contributed by atoms with Crippen molar-refractivity contribution in [2.75, 3.05) is 19.6 Å². The lowest BCUT2D eigenvalue weighted by Gasteiger charge is -2.47. The second kappa shape index (κ2) is 4.02. The molecule has 1 aliphatic carbocycles. The van der Waals surface area contributed by atoms with E-state index in [1.165, 1.54) is 38.9 Å². The van der Waals surface area contributed by atoms with Gasteiger partial charge in [0.05, 0.1) is 0 Å². The standard InChI is InChI=1S/C13H22N2O/c1-2-14-8-7-12-10(9-14)3-6-13(16)15(12)11-4-5-11/h10-12H,2-9H2,1H3. The summed E-state index contributed by atoms with van der Waals surface area (Å²) in [6.07, 6.45) is 5.65. The van der Waals surface area contributed by atoms with E-state index in [2.05, 4.69) is 16.7 Å². The van der Waals surface area contributed by atoms with Crippen molar-refractivity contribution in [2.24, 2.45) is 5.92 Å². The Balaban J connectivity index is 1.73. The molecule has 0 aromatic heterocycles. The van der Waals surface area contributed by atoms with Crippen molar-refractivity contribution in [2.45, 2.75) is 51.1 Å². The summed E-state index contributed by atoms with van der Waals surface area (Å²) in [4.78, 5) is 16.8. The van der Waals surface area contributed by atoms with Crippen molar-refractivity contribution in [1.29, 1.82) is 0 Å². The van der Waals surface area contributed by atoms with Crippen molar-refractivity contribution in [3.05, 3.63) is 0 Å². The predicted molar refractivity (Wildman–Crippen MR) is 63.1 cm³/mol. The highest BCUT2D eigenvalue weighted by Crippen LogP contribution is 2.38. The predicted octanol–water partition coefficient (Wildman–Crippen LogP) is 1.48. The third-order valence-corrected chi connectivity index (χ3v) is 4.54. The van der Waals surface area contributed by atoms with Crippen molar-refractivity contribution in [3.8, 4) is 0 Å². The Morgan fingerprint density at radius 2 is 2.06 bits per heavy atom. The third kappa shape index (κ3) is 1.75. The number of fused-ring (bicyclic) bond motifs is 1. The largest absolute Gasteiger partial charge is 0.336 e. The van der Waals surface area contributed by atoms with Crippen LogP contribution in [0.25, 0.3) is 0 Å². The smallest absolute Gasteiger partial charge is 0.223 e. The molecule has 2 aliphatic heterocycles. The highest BCUT2D eigenvalue weighted by atomic mass is 16.2. The molecule has 0 bridgehead atoms. The van der Waals surface area contributed by atoms with Crippen molar-refractivity contribution in [3.63, 3.8) is 0 Å². The van der Waals surface area contributed by atoms with E-state index < -0.39 is 0 Å². The molecule has 2 heterocycles. The van der Waals surface area contributed by atoms with Crippen LogP contribution < -0.4 is 0 Å². The number of nitrogens with zero attached hydrogens (tertiary/aromatic N) is 2. The zero-order valence-corrected chi connectivity index (χ0v) is 10.2. The van der Waals surface area contributed by atoms with Crippen LogP contribution in [-0.2, 0) is 4.79 Å². The Hall–Kier alpha value is -0.570. The number of piperidine rings is 2. The highest BCUT2D eigenvalue weighted by Gasteiger charge is 2.44. The van der Waals surface area contributed by atoms with Crippen LogP contribution in [0.15, 0.2) is 0 Å². The summed E-state index contributed by atoms with van der Waals surface area (Å²) in [6, 6.07) is 1.20. The fourth-order valence-corrected chi connectivity index (χ4v) is 3.48. The Labute approximate surface area is 97.8 Å². The van der Waals surface area contributed by atoms with Crippen LogP contribution in [0.2, 0.25) is 0 Å². The maximum atomic E-state index is 12.0. The summed E-state index contributed by atoms with van der Waals surface area (Å²) in [5.74, 6) is 1.20. The summed E-state index contributed by atoms with van der Waals surface area (Å²) in [5, 5.41) is 0. The molecule has 2 unspecified atom stereocenters. The topological polar surface area (TPSA) is 23.6 Å². The first-order chi connectivity index (χ1) is 7.79. The molecule has 3 nitrogen and oxygen atoms in total. The zero-order valence-electron chi connectivity index (χ0n) is 10.2. The summed E-state index contributed by atoms with van der Waals surface area (Å²) in [7, 11) is 0. The van der Waals surface area contributed by atoms with Gasteiger partial charge in [0, 0.05) is 31.6 Å². The Bertz CT molecular complexity index is 288. The summed E-state index contributed by atoms with van der Waals surface area (Å²) >= 11 is 0. The Kier molecular flexibility index (Phi) is 2.66. The molecule has 90 valence electrons. The SMILES string of the molecule is CCN1CCC2C(CCC(=O)N2C2CC2)C1. The maximum Gasteiger partial charge on any atom is 0.223 e. The molecule has 2 atom stereocenters. The van der Waals surface area contributed by atoms with E-state index in [-0.39, 0.29) is 0 Å². The number of hydrogen-bond acceptors (Lipinski definition) is 2. The van der Waals surface area contributed by atoms with Crippen LogP contribution in [0.5, 0.6) is 0 Å². The first-order valence-corrected chi connectivity index (χ1v) is 6.83. The molecule has 0 N–H and O–H groups in total. The van der Waals surface area contributed by atoms with Crippen LogP contribution >= 0.6 is 0 Å². The molecule has 3 aliphatic rings. The van der Waals surface area contributed by atoms with E-state index in [4.69, 9.17) is 0 Å². The van der Waals surface area contributed by atoms with E-state index in [0.29, 0.717) is 18.0 Å². The van der Waals surface area contributed by atoms with Gasteiger partial charge in [0.1, 0.15) is 0 Å².